The van der Waals surface area contributed by atoms with Crippen LogP contribution in [-0.2, 0) is 11.3 Å². The van der Waals surface area contributed by atoms with Gasteiger partial charge in [0, 0.05) is 23.0 Å². The van der Waals surface area contributed by atoms with Crippen LogP contribution in [0.5, 0.6) is 0 Å². The molecular weight excluding hydrogens is 376 g/mol. The molecule has 0 aromatic heterocycles. The molecule has 28 heavy (non-hydrogen) atoms. The maximum atomic E-state index is 12.1. The van der Waals surface area contributed by atoms with Crippen LogP contribution in [-0.4, -0.2) is 36.7 Å². The zero-order valence-electron chi connectivity index (χ0n) is 16.2. The summed E-state index contributed by atoms with van der Waals surface area (Å²) in [5.41, 5.74) is 1.70. The molecule has 0 saturated heterocycles. The number of hydrogen-bond donors (Lipinski definition) is 2. The molecule has 0 unspecified atom stereocenters. The SMILES string of the molecule is CSc1ccc(C(=O)COC(=O)c2ccc(CNC(=O)NC(C)C)cc2)cc1. The van der Waals surface area contributed by atoms with E-state index in [2.05, 4.69) is 10.6 Å². The van der Waals surface area contributed by atoms with E-state index in [9.17, 15) is 14.4 Å². The number of esters is 1. The molecule has 2 N–H and O–H groups in total. The summed E-state index contributed by atoms with van der Waals surface area (Å²) < 4.78 is 5.11. The Kier molecular flexibility index (Phi) is 8.07. The molecule has 0 saturated carbocycles. The van der Waals surface area contributed by atoms with E-state index in [4.69, 9.17) is 4.74 Å². The number of nitrogens with one attached hydrogen (secondary N) is 2. The zero-order valence-corrected chi connectivity index (χ0v) is 17.0. The van der Waals surface area contributed by atoms with Crippen LogP contribution in [0.25, 0.3) is 0 Å². The van der Waals surface area contributed by atoms with Gasteiger partial charge < -0.3 is 15.4 Å². The molecule has 2 aromatic rings. The van der Waals surface area contributed by atoms with Crippen LogP contribution in [0.15, 0.2) is 53.4 Å². The maximum Gasteiger partial charge on any atom is 0.338 e. The van der Waals surface area contributed by atoms with Gasteiger partial charge in [-0.05, 0) is 49.9 Å². The average molecular weight is 400 g/mol. The van der Waals surface area contributed by atoms with Crippen molar-refractivity contribution in [3.63, 3.8) is 0 Å². The summed E-state index contributed by atoms with van der Waals surface area (Å²) in [6, 6.07) is 13.6. The van der Waals surface area contributed by atoms with Crippen molar-refractivity contribution in [3.8, 4) is 0 Å². The van der Waals surface area contributed by atoms with E-state index in [0.29, 0.717) is 17.7 Å². The normalized spacial score (nSPS) is 10.4. The molecule has 0 aliphatic heterocycles. The highest BCUT2D eigenvalue weighted by Crippen LogP contribution is 2.15. The quantitative estimate of drug-likeness (QED) is 0.401. The highest BCUT2D eigenvalue weighted by molar-refractivity contribution is 7.98. The summed E-state index contributed by atoms with van der Waals surface area (Å²) in [5, 5.41) is 5.47. The first-order valence-electron chi connectivity index (χ1n) is 8.86. The second kappa shape index (κ2) is 10.5. The standard InChI is InChI=1S/C21H24N2O4S/c1-14(2)23-21(26)22-12-15-4-6-17(7-5-15)20(25)27-13-19(24)16-8-10-18(28-3)11-9-16/h4-11,14H,12-13H2,1-3H3,(H2,22,23,26). The second-order valence-electron chi connectivity index (χ2n) is 6.41. The summed E-state index contributed by atoms with van der Waals surface area (Å²) >= 11 is 1.59. The number of ether oxygens (including phenoxy) is 1. The van der Waals surface area contributed by atoms with Gasteiger partial charge in [0.2, 0.25) is 0 Å². The fourth-order valence-electron chi connectivity index (χ4n) is 2.33. The van der Waals surface area contributed by atoms with Crippen LogP contribution < -0.4 is 10.6 Å². The van der Waals surface area contributed by atoms with E-state index in [1.807, 2.05) is 32.2 Å². The third kappa shape index (κ3) is 6.74. The Balaban J connectivity index is 1.83. The van der Waals surface area contributed by atoms with E-state index in [0.717, 1.165) is 10.5 Å². The van der Waals surface area contributed by atoms with Gasteiger partial charge in [-0.3, -0.25) is 4.79 Å². The molecule has 0 fully saturated rings. The first kappa shape index (κ1) is 21.5. The van der Waals surface area contributed by atoms with Crippen molar-refractivity contribution >= 4 is 29.5 Å². The van der Waals surface area contributed by atoms with Crippen molar-refractivity contribution < 1.29 is 19.1 Å². The summed E-state index contributed by atoms with van der Waals surface area (Å²) in [7, 11) is 0. The summed E-state index contributed by atoms with van der Waals surface area (Å²) in [4.78, 5) is 36.9. The lowest BCUT2D eigenvalue weighted by Crippen LogP contribution is -2.39. The average Bonchev–Trinajstić information content (AvgIpc) is 2.70. The Morgan fingerprint density at radius 3 is 2.14 bits per heavy atom. The number of carbonyl (C=O) groups is 3. The maximum absolute atomic E-state index is 12.1. The van der Waals surface area contributed by atoms with Crippen molar-refractivity contribution in [3.05, 3.63) is 65.2 Å². The summed E-state index contributed by atoms with van der Waals surface area (Å²) in [6.07, 6.45) is 1.96. The highest BCUT2D eigenvalue weighted by atomic mass is 32.2. The van der Waals surface area contributed by atoms with Crippen molar-refractivity contribution in [2.75, 3.05) is 12.9 Å². The fraction of sp³-hybridized carbons (Fsp3) is 0.286. The molecule has 0 aliphatic carbocycles. The molecule has 2 amide bonds. The van der Waals surface area contributed by atoms with Crippen molar-refractivity contribution in [1.82, 2.24) is 10.6 Å². The lowest BCUT2D eigenvalue weighted by molar-refractivity contribution is 0.0474. The van der Waals surface area contributed by atoms with Gasteiger partial charge in [0.1, 0.15) is 0 Å². The van der Waals surface area contributed by atoms with Crippen LogP contribution in [0.2, 0.25) is 0 Å². The van der Waals surface area contributed by atoms with Gasteiger partial charge in [-0.1, -0.05) is 24.3 Å². The third-order valence-corrected chi connectivity index (χ3v) is 4.55. The number of ketones is 1. The number of urea groups is 1. The smallest absolute Gasteiger partial charge is 0.338 e. The van der Waals surface area contributed by atoms with E-state index in [1.54, 1.807) is 48.2 Å². The largest absolute Gasteiger partial charge is 0.454 e. The number of carbonyl (C=O) groups excluding carboxylic acids is 3. The lowest BCUT2D eigenvalue weighted by Gasteiger charge is -2.10. The Morgan fingerprint density at radius 1 is 0.964 bits per heavy atom. The molecule has 0 bridgehead atoms. The number of hydrogen-bond acceptors (Lipinski definition) is 5. The predicted octanol–water partition coefficient (Wildman–Crippen LogP) is 3.66. The number of rotatable bonds is 8. The Labute approximate surface area is 169 Å². The van der Waals surface area contributed by atoms with Crippen LogP contribution in [0.3, 0.4) is 0 Å². The van der Waals surface area contributed by atoms with Crippen molar-refractivity contribution in [2.24, 2.45) is 0 Å². The summed E-state index contributed by atoms with van der Waals surface area (Å²) in [6.45, 7) is 3.79. The molecule has 6 nitrogen and oxygen atoms in total. The first-order valence-corrected chi connectivity index (χ1v) is 10.1. The molecule has 0 aliphatic rings. The zero-order chi connectivity index (χ0) is 20.5. The lowest BCUT2D eigenvalue weighted by atomic mass is 10.1. The van der Waals surface area contributed by atoms with E-state index >= 15 is 0 Å². The van der Waals surface area contributed by atoms with Gasteiger partial charge in [-0.15, -0.1) is 11.8 Å². The molecule has 0 radical (unpaired) electrons. The highest BCUT2D eigenvalue weighted by Gasteiger charge is 2.12. The van der Waals surface area contributed by atoms with Crippen LogP contribution in [0.4, 0.5) is 4.79 Å². The number of Topliss-reactive ketones (excluding diaryl/α,β-unsaturated/α-hetero) is 1. The van der Waals surface area contributed by atoms with Gasteiger partial charge in [0.05, 0.1) is 5.56 Å². The van der Waals surface area contributed by atoms with Crippen LogP contribution in [0.1, 0.15) is 40.1 Å². The molecule has 7 heteroatoms. The van der Waals surface area contributed by atoms with E-state index in [-0.39, 0.29) is 24.5 Å². The predicted molar refractivity (Wildman–Crippen MR) is 110 cm³/mol. The molecular formula is C21H24N2O4S. The van der Waals surface area contributed by atoms with Crippen molar-refractivity contribution in [1.29, 1.82) is 0 Å². The number of benzene rings is 2. The summed E-state index contributed by atoms with van der Waals surface area (Å²) in [5.74, 6) is -0.816. The van der Waals surface area contributed by atoms with E-state index in [1.165, 1.54) is 0 Å². The van der Waals surface area contributed by atoms with E-state index < -0.39 is 5.97 Å². The monoisotopic (exact) mass is 400 g/mol. The van der Waals surface area contributed by atoms with Crippen LogP contribution in [0, 0.1) is 0 Å². The van der Waals surface area contributed by atoms with Gasteiger partial charge in [0.25, 0.3) is 0 Å². The topological polar surface area (TPSA) is 84.5 Å². The van der Waals surface area contributed by atoms with Gasteiger partial charge >= 0.3 is 12.0 Å². The Bertz CT molecular complexity index is 817. The molecule has 148 valence electrons. The molecule has 0 heterocycles. The second-order valence-corrected chi connectivity index (χ2v) is 7.29. The minimum Gasteiger partial charge on any atom is -0.454 e. The number of thioether (sulfide) groups is 1. The third-order valence-electron chi connectivity index (χ3n) is 3.81. The Hall–Kier alpha value is -2.80. The molecule has 0 atom stereocenters. The number of amides is 2. The van der Waals surface area contributed by atoms with Gasteiger partial charge in [-0.25, -0.2) is 9.59 Å². The minimum absolute atomic E-state index is 0.0586. The molecule has 2 rings (SSSR count). The van der Waals surface area contributed by atoms with Crippen LogP contribution >= 0.6 is 11.8 Å². The molecule has 0 spiro atoms. The van der Waals surface area contributed by atoms with Gasteiger partial charge in [0.15, 0.2) is 12.4 Å². The Morgan fingerprint density at radius 2 is 1.57 bits per heavy atom. The van der Waals surface area contributed by atoms with Gasteiger partial charge in [-0.2, -0.15) is 0 Å². The first-order chi connectivity index (χ1) is 13.4. The fourth-order valence-corrected chi connectivity index (χ4v) is 2.74. The molecule has 2 aromatic carbocycles. The van der Waals surface area contributed by atoms with Crippen molar-refractivity contribution in [2.45, 2.75) is 31.3 Å². The minimum atomic E-state index is -0.564.